The van der Waals surface area contributed by atoms with Gasteiger partial charge in [-0.05, 0) is 19.3 Å². The van der Waals surface area contributed by atoms with Crippen molar-refractivity contribution in [2.45, 2.75) is 38.0 Å². The van der Waals surface area contributed by atoms with Gasteiger partial charge in [0.25, 0.3) is 0 Å². The predicted octanol–water partition coefficient (Wildman–Crippen LogP) is 1.80. The molecule has 3 unspecified atom stereocenters. The summed E-state index contributed by atoms with van der Waals surface area (Å²) < 4.78 is 5.82. The van der Waals surface area contributed by atoms with Gasteiger partial charge < -0.3 is 10.1 Å². The fourth-order valence-electron chi connectivity index (χ4n) is 2.67. The third-order valence-electron chi connectivity index (χ3n) is 3.43. The zero-order valence-corrected chi connectivity index (χ0v) is 9.50. The second kappa shape index (κ2) is 4.20. The molecule has 0 aromatic carbocycles. The maximum atomic E-state index is 5.82. The Hall–Kier alpha value is -0.450. The summed E-state index contributed by atoms with van der Waals surface area (Å²) in [5.41, 5.74) is 3.04. The number of aromatic nitrogens is 1. The van der Waals surface area contributed by atoms with Gasteiger partial charge in [-0.25, -0.2) is 4.98 Å². The fourth-order valence-corrected chi connectivity index (χ4v) is 3.23. The first-order chi connectivity index (χ1) is 7.42. The molecule has 4 heteroatoms. The average molecular weight is 224 g/mol. The Morgan fingerprint density at radius 3 is 3.20 bits per heavy atom. The van der Waals surface area contributed by atoms with Crippen LogP contribution in [0.25, 0.3) is 0 Å². The molecule has 82 valence electrons. The van der Waals surface area contributed by atoms with Crippen molar-refractivity contribution < 1.29 is 4.74 Å². The van der Waals surface area contributed by atoms with E-state index in [1.807, 2.05) is 5.51 Å². The Morgan fingerprint density at radius 1 is 1.53 bits per heavy atom. The zero-order chi connectivity index (χ0) is 10.1. The summed E-state index contributed by atoms with van der Waals surface area (Å²) in [4.78, 5) is 4.25. The van der Waals surface area contributed by atoms with Crippen LogP contribution < -0.4 is 5.32 Å². The number of rotatable bonds is 4. The highest BCUT2D eigenvalue weighted by atomic mass is 32.1. The van der Waals surface area contributed by atoms with Gasteiger partial charge in [-0.15, -0.1) is 11.3 Å². The van der Waals surface area contributed by atoms with Crippen LogP contribution in [-0.2, 0) is 11.3 Å². The first-order valence-electron chi connectivity index (χ1n) is 5.65. The molecule has 2 aliphatic heterocycles. The summed E-state index contributed by atoms with van der Waals surface area (Å²) in [7, 11) is 0. The van der Waals surface area contributed by atoms with E-state index in [-0.39, 0.29) is 0 Å². The molecule has 15 heavy (non-hydrogen) atoms. The van der Waals surface area contributed by atoms with Gasteiger partial charge >= 0.3 is 0 Å². The van der Waals surface area contributed by atoms with Gasteiger partial charge in [0.15, 0.2) is 0 Å². The molecule has 0 aliphatic carbocycles. The molecule has 2 saturated heterocycles. The van der Waals surface area contributed by atoms with Gasteiger partial charge in [-0.3, -0.25) is 0 Å². The highest BCUT2D eigenvalue weighted by Gasteiger charge is 2.40. The molecule has 1 aromatic rings. The average Bonchev–Trinajstić information content (AvgIpc) is 2.93. The molecule has 2 fully saturated rings. The second-order valence-electron chi connectivity index (χ2n) is 4.48. The smallest absolute Gasteiger partial charge is 0.0795 e. The van der Waals surface area contributed by atoms with Crippen LogP contribution in [0.1, 0.15) is 25.0 Å². The lowest BCUT2D eigenvalue weighted by Crippen LogP contribution is -2.29. The van der Waals surface area contributed by atoms with E-state index in [0.29, 0.717) is 12.2 Å². The molecule has 3 rings (SSSR count). The number of hydrogen-bond acceptors (Lipinski definition) is 4. The minimum atomic E-state index is 0.540. The minimum absolute atomic E-state index is 0.540. The maximum Gasteiger partial charge on any atom is 0.0795 e. The summed E-state index contributed by atoms with van der Waals surface area (Å²) in [5.74, 6) is 0.738. The lowest BCUT2D eigenvalue weighted by Gasteiger charge is -2.18. The second-order valence-corrected chi connectivity index (χ2v) is 5.20. The van der Waals surface area contributed by atoms with E-state index in [1.54, 1.807) is 11.3 Å². The number of fused-ring (bicyclic) bond motifs is 2. The number of nitrogens with zero attached hydrogens (tertiary/aromatic N) is 1. The summed E-state index contributed by atoms with van der Waals surface area (Å²) >= 11 is 1.66. The fraction of sp³-hybridized carbons (Fsp3) is 0.727. The van der Waals surface area contributed by atoms with E-state index in [2.05, 4.69) is 15.7 Å². The van der Waals surface area contributed by atoms with Crippen LogP contribution in [0.15, 0.2) is 10.9 Å². The van der Waals surface area contributed by atoms with E-state index >= 15 is 0 Å². The summed E-state index contributed by atoms with van der Waals surface area (Å²) in [6, 6.07) is 0. The molecule has 0 radical (unpaired) electrons. The van der Waals surface area contributed by atoms with Crippen molar-refractivity contribution >= 4 is 11.3 Å². The van der Waals surface area contributed by atoms with Gasteiger partial charge in [-0.1, -0.05) is 0 Å². The molecule has 3 heterocycles. The van der Waals surface area contributed by atoms with Crippen LogP contribution in [0.3, 0.4) is 0 Å². The third-order valence-corrected chi connectivity index (χ3v) is 4.06. The monoisotopic (exact) mass is 224 g/mol. The largest absolute Gasteiger partial charge is 0.375 e. The van der Waals surface area contributed by atoms with Crippen LogP contribution in [0, 0.1) is 5.92 Å². The molecule has 2 aliphatic rings. The first kappa shape index (κ1) is 9.75. The van der Waals surface area contributed by atoms with Crippen molar-refractivity contribution in [3.05, 3.63) is 16.6 Å². The van der Waals surface area contributed by atoms with Crippen molar-refractivity contribution in [3.63, 3.8) is 0 Å². The van der Waals surface area contributed by atoms with Crippen LogP contribution in [-0.4, -0.2) is 23.7 Å². The van der Waals surface area contributed by atoms with Crippen molar-refractivity contribution in [2.75, 3.05) is 6.54 Å². The van der Waals surface area contributed by atoms with Crippen molar-refractivity contribution in [2.24, 2.45) is 5.92 Å². The van der Waals surface area contributed by atoms with E-state index < -0.39 is 0 Å². The van der Waals surface area contributed by atoms with E-state index in [4.69, 9.17) is 4.74 Å². The summed E-state index contributed by atoms with van der Waals surface area (Å²) in [5, 5.41) is 5.58. The lowest BCUT2D eigenvalue weighted by atomic mass is 9.89. The number of ether oxygens (including phenoxy) is 1. The molecule has 3 nitrogen and oxygen atoms in total. The van der Waals surface area contributed by atoms with E-state index in [0.717, 1.165) is 24.7 Å². The molecule has 0 saturated carbocycles. The molecule has 0 amide bonds. The minimum Gasteiger partial charge on any atom is -0.375 e. The van der Waals surface area contributed by atoms with Crippen molar-refractivity contribution in [1.82, 2.24) is 10.3 Å². The number of nitrogens with one attached hydrogen (secondary N) is 1. The van der Waals surface area contributed by atoms with Crippen molar-refractivity contribution in [1.29, 1.82) is 0 Å². The Bertz CT molecular complexity index is 314. The molecule has 1 aromatic heterocycles. The summed E-state index contributed by atoms with van der Waals surface area (Å²) in [6.45, 7) is 1.98. The molecule has 0 spiro atoms. The summed E-state index contributed by atoms with van der Waals surface area (Å²) in [6.07, 6.45) is 4.93. The van der Waals surface area contributed by atoms with Crippen molar-refractivity contribution in [3.8, 4) is 0 Å². The first-order valence-corrected chi connectivity index (χ1v) is 6.59. The topological polar surface area (TPSA) is 34.2 Å². The number of hydrogen-bond donors (Lipinski definition) is 1. The van der Waals surface area contributed by atoms with Gasteiger partial charge in [0, 0.05) is 24.4 Å². The van der Waals surface area contributed by atoms with Gasteiger partial charge in [-0.2, -0.15) is 0 Å². The zero-order valence-electron chi connectivity index (χ0n) is 8.69. The molecular weight excluding hydrogens is 208 g/mol. The highest BCUT2D eigenvalue weighted by Crippen LogP contribution is 2.38. The van der Waals surface area contributed by atoms with Crippen LogP contribution in [0.2, 0.25) is 0 Å². The molecule has 3 atom stereocenters. The number of thiazole rings is 1. The van der Waals surface area contributed by atoms with Gasteiger partial charge in [0.2, 0.25) is 0 Å². The molecule has 2 bridgehead atoms. The van der Waals surface area contributed by atoms with Gasteiger partial charge in [0.05, 0.1) is 23.4 Å². The van der Waals surface area contributed by atoms with Crippen LogP contribution in [0.5, 0.6) is 0 Å². The van der Waals surface area contributed by atoms with Crippen LogP contribution >= 0.6 is 11.3 Å². The Labute approximate surface area is 93.9 Å². The normalized spacial score (nSPS) is 33.7. The standard InChI is InChI=1S/C11H16N2OS/c1-2-11-8(3-10(1)14-11)4-12-5-9-6-15-7-13-9/h6-8,10-12H,1-5H2. The Morgan fingerprint density at radius 2 is 2.53 bits per heavy atom. The Balaban J connectivity index is 1.43. The SMILES string of the molecule is c1nc(CNCC2CC3CCC2O3)cs1. The molecular formula is C11H16N2OS. The van der Waals surface area contributed by atoms with E-state index in [9.17, 15) is 0 Å². The maximum absolute atomic E-state index is 5.82. The van der Waals surface area contributed by atoms with E-state index in [1.165, 1.54) is 19.3 Å². The molecule has 1 N–H and O–H groups in total. The quantitative estimate of drug-likeness (QED) is 0.847. The predicted molar refractivity (Wildman–Crippen MR) is 59.8 cm³/mol. The van der Waals surface area contributed by atoms with Crippen LogP contribution in [0.4, 0.5) is 0 Å². The van der Waals surface area contributed by atoms with Gasteiger partial charge in [0.1, 0.15) is 0 Å². The third kappa shape index (κ3) is 2.07. The highest BCUT2D eigenvalue weighted by molar-refractivity contribution is 7.07. The lowest BCUT2D eigenvalue weighted by molar-refractivity contribution is 0.0923. The Kier molecular flexibility index (Phi) is 2.73.